The number of hydrogen-bond acceptors (Lipinski definition) is 2. The lowest BCUT2D eigenvalue weighted by Crippen LogP contribution is -2.48. The van der Waals surface area contributed by atoms with Gasteiger partial charge in [0.15, 0.2) is 0 Å². The maximum atomic E-state index is 12.4. The molecule has 4 aliphatic carbocycles. The van der Waals surface area contributed by atoms with Gasteiger partial charge in [0.1, 0.15) is 5.78 Å². The molecule has 2 fully saturated rings. The molecule has 112 valence electrons. The highest BCUT2D eigenvalue weighted by molar-refractivity contribution is 5.87. The van der Waals surface area contributed by atoms with E-state index in [2.05, 4.69) is 38.2 Å². The third kappa shape index (κ3) is 1.62. The minimum absolute atomic E-state index is 0.0316. The van der Waals surface area contributed by atoms with Crippen molar-refractivity contribution in [1.82, 2.24) is 0 Å². The van der Waals surface area contributed by atoms with Crippen molar-refractivity contribution in [2.24, 2.45) is 34.3 Å². The zero-order valence-electron chi connectivity index (χ0n) is 13.1. The summed E-state index contributed by atoms with van der Waals surface area (Å²) in [4.78, 5) is 12.4. The van der Waals surface area contributed by atoms with E-state index in [1.807, 2.05) is 0 Å². The van der Waals surface area contributed by atoms with Crippen molar-refractivity contribution in [2.45, 2.75) is 46.0 Å². The molecule has 21 heavy (non-hydrogen) atoms. The smallest absolute Gasteiger partial charge is 0.139 e. The minimum atomic E-state index is -0.0316. The van der Waals surface area contributed by atoms with Crippen molar-refractivity contribution >= 4 is 5.78 Å². The van der Waals surface area contributed by atoms with Crippen molar-refractivity contribution in [3.05, 3.63) is 35.6 Å². The van der Waals surface area contributed by atoms with E-state index >= 15 is 0 Å². The maximum Gasteiger partial charge on any atom is 0.139 e. The van der Waals surface area contributed by atoms with Crippen molar-refractivity contribution in [1.29, 1.82) is 0 Å². The predicted molar refractivity (Wildman–Crippen MR) is 84.3 cm³/mol. The van der Waals surface area contributed by atoms with Gasteiger partial charge >= 0.3 is 0 Å². The Balaban J connectivity index is 1.75. The second-order valence-electron chi connectivity index (χ2n) is 7.95. The Morgan fingerprint density at radius 1 is 1.24 bits per heavy atom. The molecule has 0 heterocycles. The number of nitrogens with two attached hydrogens (primary N) is 1. The first kappa shape index (κ1) is 13.4. The quantitative estimate of drug-likeness (QED) is 0.736. The molecule has 0 aromatic carbocycles. The molecule has 2 saturated carbocycles. The van der Waals surface area contributed by atoms with Crippen LogP contribution in [0.25, 0.3) is 0 Å². The van der Waals surface area contributed by atoms with Gasteiger partial charge in [0.25, 0.3) is 0 Å². The zero-order chi connectivity index (χ0) is 14.8. The third-order valence-corrected chi connectivity index (χ3v) is 7.09. The van der Waals surface area contributed by atoms with Crippen LogP contribution in [-0.2, 0) is 4.79 Å². The standard InChI is InChI=1S/C19H25NO/c1-18-9-7-13(20)11-12(18)3-4-14-15-5-6-17(21)19(15,2)10-8-16(14)18/h3,7,9,11,14-16H,4-6,8,10,20H2,1-2H3/t14-,15-,16-,18-,19-/m0/s1. The average molecular weight is 283 g/mol. The van der Waals surface area contributed by atoms with Gasteiger partial charge in [-0.25, -0.2) is 0 Å². The molecule has 0 bridgehead atoms. The molecule has 0 spiro atoms. The van der Waals surface area contributed by atoms with Gasteiger partial charge < -0.3 is 5.73 Å². The minimum Gasteiger partial charge on any atom is -0.399 e. The lowest BCUT2D eigenvalue weighted by molar-refractivity contribution is -0.131. The summed E-state index contributed by atoms with van der Waals surface area (Å²) in [5.74, 6) is 2.45. The third-order valence-electron chi connectivity index (χ3n) is 7.09. The Labute approximate surface area is 127 Å². The van der Waals surface area contributed by atoms with Gasteiger partial charge in [-0.15, -0.1) is 0 Å². The van der Waals surface area contributed by atoms with Crippen molar-refractivity contribution in [3.8, 4) is 0 Å². The summed E-state index contributed by atoms with van der Waals surface area (Å²) in [6, 6.07) is 0. The van der Waals surface area contributed by atoms with Crippen LogP contribution in [0.4, 0.5) is 0 Å². The van der Waals surface area contributed by atoms with Crippen LogP contribution in [0.1, 0.15) is 46.0 Å². The molecule has 4 aliphatic rings. The summed E-state index contributed by atoms with van der Waals surface area (Å²) < 4.78 is 0. The number of rotatable bonds is 0. The van der Waals surface area contributed by atoms with E-state index in [-0.39, 0.29) is 10.8 Å². The van der Waals surface area contributed by atoms with Crippen LogP contribution in [0.2, 0.25) is 0 Å². The monoisotopic (exact) mass is 283 g/mol. The van der Waals surface area contributed by atoms with E-state index in [1.54, 1.807) is 0 Å². The van der Waals surface area contributed by atoms with Crippen LogP contribution in [0.5, 0.6) is 0 Å². The van der Waals surface area contributed by atoms with E-state index in [9.17, 15) is 4.79 Å². The number of hydrogen-bond donors (Lipinski definition) is 1. The van der Waals surface area contributed by atoms with E-state index in [0.717, 1.165) is 31.4 Å². The molecular weight excluding hydrogens is 258 g/mol. The van der Waals surface area contributed by atoms with E-state index < -0.39 is 0 Å². The number of fused-ring (bicyclic) bond motifs is 5. The second-order valence-corrected chi connectivity index (χ2v) is 7.95. The lowest BCUT2D eigenvalue weighted by atomic mass is 9.50. The molecule has 0 amide bonds. The first-order valence-electron chi connectivity index (χ1n) is 8.35. The molecule has 0 aliphatic heterocycles. The molecule has 2 nitrogen and oxygen atoms in total. The molecule has 0 unspecified atom stereocenters. The van der Waals surface area contributed by atoms with Gasteiger partial charge in [-0.05, 0) is 61.2 Å². The lowest BCUT2D eigenvalue weighted by Gasteiger charge is -2.54. The molecule has 2 N–H and O–H groups in total. The summed E-state index contributed by atoms with van der Waals surface area (Å²) in [5.41, 5.74) is 8.34. The Kier molecular flexibility index (Phi) is 2.62. The topological polar surface area (TPSA) is 43.1 Å². The Hall–Kier alpha value is -1.31. The van der Waals surface area contributed by atoms with Crippen LogP contribution in [0, 0.1) is 28.6 Å². The van der Waals surface area contributed by atoms with Crippen LogP contribution in [0.3, 0.4) is 0 Å². The van der Waals surface area contributed by atoms with Gasteiger partial charge in [-0.2, -0.15) is 0 Å². The fraction of sp³-hybridized carbons (Fsp3) is 0.632. The Morgan fingerprint density at radius 2 is 2.05 bits per heavy atom. The number of carbonyl (C=O) groups is 1. The fourth-order valence-corrected chi connectivity index (χ4v) is 5.76. The van der Waals surface area contributed by atoms with Crippen molar-refractivity contribution < 1.29 is 4.79 Å². The summed E-state index contributed by atoms with van der Waals surface area (Å²) in [5, 5.41) is 0. The molecular formula is C19H25NO. The first-order valence-corrected chi connectivity index (χ1v) is 8.35. The van der Waals surface area contributed by atoms with E-state index in [0.29, 0.717) is 23.5 Å². The summed E-state index contributed by atoms with van der Waals surface area (Å²) in [7, 11) is 0. The number of Topliss-reactive ketones (excluding diaryl/α,β-unsaturated/α-hetero) is 1. The van der Waals surface area contributed by atoms with Crippen LogP contribution in [0.15, 0.2) is 35.6 Å². The highest BCUT2D eigenvalue weighted by Crippen LogP contribution is 2.62. The summed E-state index contributed by atoms with van der Waals surface area (Å²) in [6.07, 6.45) is 14.2. The highest BCUT2D eigenvalue weighted by Gasteiger charge is 2.57. The SMILES string of the molecule is C[C@]12C=CC(N)=CC1=CC[C@@H]1[C@@H]2CC[C@]2(C)C(=O)CC[C@@H]12. The molecule has 0 saturated heterocycles. The van der Waals surface area contributed by atoms with Gasteiger partial charge in [0, 0.05) is 22.9 Å². The maximum absolute atomic E-state index is 12.4. The van der Waals surface area contributed by atoms with Crippen molar-refractivity contribution in [3.63, 3.8) is 0 Å². The second kappa shape index (κ2) is 4.12. The summed E-state index contributed by atoms with van der Waals surface area (Å²) >= 11 is 0. The van der Waals surface area contributed by atoms with Gasteiger partial charge in [0.2, 0.25) is 0 Å². The first-order chi connectivity index (χ1) is 9.95. The molecule has 4 rings (SSSR count). The number of allylic oxidation sites excluding steroid dienone is 5. The molecule has 0 aromatic heterocycles. The van der Waals surface area contributed by atoms with Crippen LogP contribution >= 0.6 is 0 Å². The van der Waals surface area contributed by atoms with Gasteiger partial charge in [-0.1, -0.05) is 26.0 Å². The predicted octanol–water partition coefficient (Wildman–Crippen LogP) is 3.75. The Bertz CT molecular complexity index is 599. The van der Waals surface area contributed by atoms with Gasteiger partial charge in [-0.3, -0.25) is 4.79 Å². The average Bonchev–Trinajstić information content (AvgIpc) is 2.76. The van der Waals surface area contributed by atoms with Crippen molar-refractivity contribution in [2.75, 3.05) is 0 Å². The van der Waals surface area contributed by atoms with Crippen LogP contribution < -0.4 is 5.73 Å². The number of carbonyl (C=O) groups excluding carboxylic acids is 1. The normalized spacial score (nSPS) is 48.1. The molecule has 0 radical (unpaired) electrons. The van der Waals surface area contributed by atoms with Gasteiger partial charge in [0.05, 0.1) is 0 Å². The zero-order valence-corrected chi connectivity index (χ0v) is 13.1. The Morgan fingerprint density at radius 3 is 2.86 bits per heavy atom. The molecule has 2 heteroatoms. The van der Waals surface area contributed by atoms with Crippen LogP contribution in [-0.4, -0.2) is 5.78 Å². The molecule has 5 atom stereocenters. The summed E-state index contributed by atoms with van der Waals surface area (Å²) in [6.45, 7) is 4.61. The largest absolute Gasteiger partial charge is 0.399 e. The number of ketones is 1. The van der Waals surface area contributed by atoms with E-state index in [1.165, 1.54) is 12.0 Å². The van der Waals surface area contributed by atoms with E-state index in [4.69, 9.17) is 5.73 Å². The molecule has 0 aromatic rings. The highest BCUT2D eigenvalue weighted by atomic mass is 16.1. The fourth-order valence-electron chi connectivity index (χ4n) is 5.76.